The number of benzene rings is 1. The van der Waals surface area contributed by atoms with E-state index < -0.39 is 0 Å². The zero-order valence-electron chi connectivity index (χ0n) is 7.06. The lowest BCUT2D eigenvalue weighted by molar-refractivity contribution is 1.42. The Labute approximate surface area is 84.3 Å². The molecule has 0 fully saturated rings. The molecule has 0 saturated carbocycles. The Hall–Kier alpha value is -1.27. The van der Waals surface area contributed by atoms with Gasteiger partial charge in [0, 0.05) is 21.6 Å². The van der Waals surface area contributed by atoms with Crippen molar-refractivity contribution in [2.45, 2.75) is 6.92 Å². The minimum atomic E-state index is 0.668. The molecule has 0 radical (unpaired) electrons. The lowest BCUT2D eigenvalue weighted by Gasteiger charge is -1.96. The number of halogens is 1. The van der Waals surface area contributed by atoms with E-state index >= 15 is 0 Å². The number of hydrogen-bond acceptors (Lipinski definition) is 1. The summed E-state index contributed by atoms with van der Waals surface area (Å²) in [4.78, 5) is 3.12. The van der Waals surface area contributed by atoms with Gasteiger partial charge in [0.25, 0.3) is 0 Å². The molecule has 0 aliphatic carbocycles. The number of aromatic nitrogens is 1. The summed E-state index contributed by atoms with van der Waals surface area (Å²) in [5, 5.41) is 9.90. The first-order chi connectivity index (χ1) is 6.22. The van der Waals surface area contributed by atoms with Crippen LogP contribution in [0, 0.1) is 18.3 Å². The van der Waals surface area contributed by atoms with Gasteiger partial charge in [-0.2, -0.15) is 5.26 Å². The smallest absolute Gasteiger partial charge is 0.0992 e. The van der Waals surface area contributed by atoms with E-state index in [1.165, 1.54) is 5.56 Å². The number of aromatic amines is 1. The average molecular weight is 235 g/mol. The molecule has 0 bridgehead atoms. The lowest BCUT2D eigenvalue weighted by Crippen LogP contribution is -1.77. The highest BCUT2D eigenvalue weighted by Crippen LogP contribution is 2.27. The second-order valence-corrected chi connectivity index (χ2v) is 3.82. The number of hydrogen-bond donors (Lipinski definition) is 1. The second kappa shape index (κ2) is 2.90. The van der Waals surface area contributed by atoms with E-state index in [9.17, 15) is 0 Å². The van der Waals surface area contributed by atoms with E-state index in [-0.39, 0.29) is 0 Å². The van der Waals surface area contributed by atoms with Crippen LogP contribution in [0.4, 0.5) is 0 Å². The number of fused-ring (bicyclic) bond motifs is 1. The predicted molar refractivity (Wildman–Crippen MR) is 55.5 cm³/mol. The van der Waals surface area contributed by atoms with Crippen LogP contribution >= 0.6 is 15.9 Å². The van der Waals surface area contributed by atoms with Crippen LogP contribution in [0.1, 0.15) is 11.1 Å². The topological polar surface area (TPSA) is 39.6 Å². The maximum absolute atomic E-state index is 8.74. The predicted octanol–water partition coefficient (Wildman–Crippen LogP) is 3.11. The first kappa shape index (κ1) is 8.33. The number of H-pyrrole nitrogens is 1. The molecule has 0 saturated heterocycles. The fourth-order valence-corrected chi connectivity index (χ4v) is 2.22. The van der Waals surface area contributed by atoms with Crippen molar-refractivity contribution in [1.29, 1.82) is 5.26 Å². The van der Waals surface area contributed by atoms with Crippen molar-refractivity contribution in [2.75, 3.05) is 0 Å². The number of nitrogens with one attached hydrogen (secondary N) is 1. The van der Waals surface area contributed by atoms with E-state index in [1.807, 2.05) is 25.3 Å². The highest BCUT2D eigenvalue weighted by molar-refractivity contribution is 9.10. The highest BCUT2D eigenvalue weighted by Gasteiger charge is 2.05. The van der Waals surface area contributed by atoms with E-state index in [0.717, 1.165) is 15.4 Å². The Morgan fingerprint density at radius 3 is 2.92 bits per heavy atom. The molecule has 2 rings (SSSR count). The molecule has 0 unspecified atom stereocenters. The van der Waals surface area contributed by atoms with Gasteiger partial charge in [-0.3, -0.25) is 0 Å². The van der Waals surface area contributed by atoms with Gasteiger partial charge in [0.1, 0.15) is 0 Å². The Morgan fingerprint density at radius 2 is 2.23 bits per heavy atom. The summed E-state index contributed by atoms with van der Waals surface area (Å²) in [6, 6.07) is 5.81. The summed E-state index contributed by atoms with van der Waals surface area (Å²) in [7, 11) is 0. The third kappa shape index (κ3) is 1.24. The minimum absolute atomic E-state index is 0.668. The quantitative estimate of drug-likeness (QED) is 0.748. The molecule has 0 spiro atoms. The molecule has 1 aromatic heterocycles. The molecule has 0 aliphatic rings. The molecule has 3 heteroatoms. The average Bonchev–Trinajstić information content (AvgIpc) is 2.48. The normalized spacial score (nSPS) is 10.2. The number of rotatable bonds is 0. The molecule has 0 aliphatic heterocycles. The SMILES string of the molecule is Cc1c[nH]c2cc(C#N)cc(Br)c12. The largest absolute Gasteiger partial charge is 0.361 e. The highest BCUT2D eigenvalue weighted by atomic mass is 79.9. The summed E-state index contributed by atoms with van der Waals surface area (Å²) >= 11 is 3.45. The van der Waals surface area contributed by atoms with Gasteiger partial charge >= 0.3 is 0 Å². The van der Waals surface area contributed by atoms with Crippen LogP contribution in [0.3, 0.4) is 0 Å². The Morgan fingerprint density at radius 1 is 1.46 bits per heavy atom. The number of aryl methyl sites for hydroxylation is 1. The molecular formula is C10H7BrN2. The van der Waals surface area contributed by atoms with Gasteiger partial charge in [-0.05, 0) is 24.6 Å². The maximum atomic E-state index is 8.74. The standard InChI is InChI=1S/C10H7BrN2/c1-6-5-13-9-3-7(4-12)2-8(11)10(6)9/h2-3,5,13H,1H3. The van der Waals surface area contributed by atoms with Crippen molar-refractivity contribution in [3.05, 3.63) is 33.9 Å². The minimum Gasteiger partial charge on any atom is -0.361 e. The third-order valence-electron chi connectivity index (χ3n) is 2.06. The van der Waals surface area contributed by atoms with Gasteiger partial charge in [-0.1, -0.05) is 15.9 Å². The van der Waals surface area contributed by atoms with Crippen molar-refractivity contribution in [3.8, 4) is 6.07 Å². The molecule has 13 heavy (non-hydrogen) atoms. The zero-order chi connectivity index (χ0) is 9.42. The van der Waals surface area contributed by atoms with Crippen molar-refractivity contribution < 1.29 is 0 Å². The summed E-state index contributed by atoms with van der Waals surface area (Å²) in [6.07, 6.45) is 1.94. The lowest BCUT2D eigenvalue weighted by atomic mass is 10.1. The van der Waals surface area contributed by atoms with Gasteiger partial charge in [-0.15, -0.1) is 0 Å². The van der Waals surface area contributed by atoms with Crippen LogP contribution in [0.5, 0.6) is 0 Å². The first-order valence-electron chi connectivity index (χ1n) is 3.89. The first-order valence-corrected chi connectivity index (χ1v) is 4.69. The number of nitrogens with zero attached hydrogens (tertiary/aromatic N) is 1. The summed E-state index contributed by atoms with van der Waals surface area (Å²) in [5.41, 5.74) is 2.86. The van der Waals surface area contributed by atoms with E-state index in [0.29, 0.717) is 5.56 Å². The van der Waals surface area contributed by atoms with E-state index in [4.69, 9.17) is 5.26 Å². The fourth-order valence-electron chi connectivity index (χ4n) is 1.44. The van der Waals surface area contributed by atoms with Crippen LogP contribution < -0.4 is 0 Å². The van der Waals surface area contributed by atoms with Crippen molar-refractivity contribution >= 4 is 26.8 Å². The molecule has 1 heterocycles. The van der Waals surface area contributed by atoms with Gasteiger partial charge in [-0.25, -0.2) is 0 Å². The zero-order valence-corrected chi connectivity index (χ0v) is 8.64. The van der Waals surface area contributed by atoms with Crippen molar-refractivity contribution in [1.82, 2.24) is 4.98 Å². The Balaban J connectivity index is 2.89. The molecule has 1 N–H and O–H groups in total. The Bertz CT molecular complexity index is 505. The van der Waals surface area contributed by atoms with E-state index in [1.54, 1.807) is 0 Å². The number of nitriles is 1. The van der Waals surface area contributed by atoms with Crippen LogP contribution in [-0.2, 0) is 0 Å². The van der Waals surface area contributed by atoms with Crippen molar-refractivity contribution in [3.63, 3.8) is 0 Å². The Kier molecular flexibility index (Phi) is 1.86. The molecule has 64 valence electrons. The second-order valence-electron chi connectivity index (χ2n) is 2.96. The maximum Gasteiger partial charge on any atom is 0.0992 e. The van der Waals surface area contributed by atoms with Gasteiger partial charge in [0.2, 0.25) is 0 Å². The van der Waals surface area contributed by atoms with Gasteiger partial charge in [0.15, 0.2) is 0 Å². The molecule has 2 nitrogen and oxygen atoms in total. The molecule has 0 amide bonds. The van der Waals surface area contributed by atoms with Crippen molar-refractivity contribution in [2.24, 2.45) is 0 Å². The van der Waals surface area contributed by atoms with Gasteiger partial charge in [0.05, 0.1) is 11.6 Å². The molecule has 0 atom stereocenters. The summed E-state index contributed by atoms with van der Waals surface area (Å²) < 4.78 is 0.973. The van der Waals surface area contributed by atoms with Crippen LogP contribution in [0.15, 0.2) is 22.8 Å². The summed E-state index contributed by atoms with van der Waals surface area (Å²) in [6.45, 7) is 2.04. The van der Waals surface area contributed by atoms with Crippen LogP contribution in [0.2, 0.25) is 0 Å². The third-order valence-corrected chi connectivity index (χ3v) is 2.68. The van der Waals surface area contributed by atoms with Crippen LogP contribution in [-0.4, -0.2) is 4.98 Å². The monoisotopic (exact) mass is 234 g/mol. The molecule has 1 aromatic carbocycles. The summed E-state index contributed by atoms with van der Waals surface area (Å²) in [5.74, 6) is 0. The van der Waals surface area contributed by atoms with E-state index in [2.05, 4.69) is 27.0 Å². The molecule has 2 aromatic rings. The fraction of sp³-hybridized carbons (Fsp3) is 0.100. The van der Waals surface area contributed by atoms with Crippen LogP contribution in [0.25, 0.3) is 10.9 Å². The van der Waals surface area contributed by atoms with Gasteiger partial charge < -0.3 is 4.98 Å². The molecular weight excluding hydrogens is 228 g/mol.